The molecule has 0 fully saturated rings. The Kier molecular flexibility index (Phi) is 4.92. The van der Waals surface area contributed by atoms with Crippen LogP contribution in [0.15, 0.2) is 34.9 Å². The van der Waals surface area contributed by atoms with Gasteiger partial charge in [0.1, 0.15) is 6.26 Å². The third kappa shape index (κ3) is 4.03. The summed E-state index contributed by atoms with van der Waals surface area (Å²) in [5, 5.41) is 2.80. The highest BCUT2D eigenvalue weighted by atomic mass is 127. The lowest BCUT2D eigenvalue weighted by molar-refractivity contribution is 0.0946. The third-order valence-electron chi connectivity index (χ3n) is 2.48. The van der Waals surface area contributed by atoms with Crippen molar-refractivity contribution < 1.29 is 9.21 Å². The number of hydrogen-bond donors (Lipinski definition) is 2. The highest BCUT2D eigenvalue weighted by molar-refractivity contribution is 14.1. The SMILES string of the molecule is NCCc1nc(C(=O)NCc2cccc(I)c2)co1. The van der Waals surface area contributed by atoms with E-state index >= 15 is 0 Å². The van der Waals surface area contributed by atoms with Crippen LogP contribution in [0.4, 0.5) is 0 Å². The van der Waals surface area contributed by atoms with Gasteiger partial charge < -0.3 is 15.5 Å². The zero-order chi connectivity index (χ0) is 13.7. The maximum Gasteiger partial charge on any atom is 0.273 e. The van der Waals surface area contributed by atoms with Crippen molar-refractivity contribution in [1.29, 1.82) is 0 Å². The average Bonchev–Trinajstić information content (AvgIpc) is 2.85. The van der Waals surface area contributed by atoms with Crippen LogP contribution in [0, 0.1) is 3.57 Å². The summed E-state index contributed by atoms with van der Waals surface area (Å²) in [5.74, 6) is 0.243. The second-order valence-corrected chi connectivity index (χ2v) is 5.22. The molecule has 0 unspecified atom stereocenters. The second kappa shape index (κ2) is 6.67. The molecule has 0 saturated heterocycles. The minimum absolute atomic E-state index is 0.245. The Morgan fingerprint density at radius 1 is 1.47 bits per heavy atom. The van der Waals surface area contributed by atoms with E-state index in [2.05, 4.69) is 32.9 Å². The molecule has 0 aliphatic carbocycles. The van der Waals surface area contributed by atoms with E-state index in [9.17, 15) is 4.79 Å². The average molecular weight is 371 g/mol. The lowest BCUT2D eigenvalue weighted by Crippen LogP contribution is -2.23. The number of halogens is 1. The smallest absolute Gasteiger partial charge is 0.273 e. The Labute approximate surface area is 124 Å². The van der Waals surface area contributed by atoms with Gasteiger partial charge in [-0.25, -0.2) is 4.98 Å². The first-order chi connectivity index (χ1) is 9.19. The Morgan fingerprint density at radius 3 is 3.05 bits per heavy atom. The van der Waals surface area contributed by atoms with Crippen LogP contribution in [0.5, 0.6) is 0 Å². The molecule has 3 N–H and O–H groups in total. The molecule has 0 atom stereocenters. The number of nitrogens with zero attached hydrogens (tertiary/aromatic N) is 1. The Hall–Kier alpha value is -1.41. The summed E-state index contributed by atoms with van der Waals surface area (Å²) < 4.78 is 6.28. The molecule has 1 amide bonds. The standard InChI is InChI=1S/C13H14IN3O2/c14-10-3-1-2-9(6-10)7-16-13(18)11-8-19-12(17-11)4-5-15/h1-3,6,8H,4-5,7,15H2,(H,16,18). The second-order valence-electron chi connectivity index (χ2n) is 3.98. The van der Waals surface area contributed by atoms with Crippen molar-refractivity contribution in [3.05, 3.63) is 51.2 Å². The van der Waals surface area contributed by atoms with E-state index in [0.717, 1.165) is 9.13 Å². The van der Waals surface area contributed by atoms with Crippen LogP contribution in [0.25, 0.3) is 0 Å². The van der Waals surface area contributed by atoms with Crippen LogP contribution < -0.4 is 11.1 Å². The summed E-state index contributed by atoms with van der Waals surface area (Å²) in [6.07, 6.45) is 1.89. The largest absolute Gasteiger partial charge is 0.448 e. The van der Waals surface area contributed by atoms with E-state index in [4.69, 9.17) is 10.2 Å². The molecular weight excluding hydrogens is 357 g/mol. The first-order valence-electron chi connectivity index (χ1n) is 5.86. The summed E-state index contributed by atoms with van der Waals surface area (Å²) in [5.41, 5.74) is 6.73. The van der Waals surface area contributed by atoms with Gasteiger partial charge in [0.25, 0.3) is 5.91 Å². The number of benzene rings is 1. The van der Waals surface area contributed by atoms with Gasteiger partial charge in [-0.1, -0.05) is 12.1 Å². The fourth-order valence-corrected chi connectivity index (χ4v) is 2.18. The fourth-order valence-electron chi connectivity index (χ4n) is 1.57. The molecule has 5 nitrogen and oxygen atoms in total. The van der Waals surface area contributed by atoms with E-state index in [0.29, 0.717) is 25.4 Å². The predicted molar refractivity (Wildman–Crippen MR) is 79.6 cm³/mol. The molecule has 0 saturated carbocycles. The Bertz CT molecular complexity index is 569. The van der Waals surface area contributed by atoms with Gasteiger partial charge in [-0.3, -0.25) is 4.79 Å². The lowest BCUT2D eigenvalue weighted by atomic mass is 10.2. The topological polar surface area (TPSA) is 81.1 Å². The van der Waals surface area contributed by atoms with Crippen molar-refractivity contribution in [3.8, 4) is 0 Å². The lowest BCUT2D eigenvalue weighted by Gasteiger charge is -2.03. The molecule has 1 aromatic carbocycles. The van der Waals surface area contributed by atoms with Gasteiger partial charge >= 0.3 is 0 Å². The van der Waals surface area contributed by atoms with Gasteiger partial charge in [-0.05, 0) is 40.3 Å². The molecule has 6 heteroatoms. The molecule has 1 aromatic heterocycles. The zero-order valence-electron chi connectivity index (χ0n) is 10.2. The van der Waals surface area contributed by atoms with Crippen molar-refractivity contribution in [2.24, 2.45) is 5.73 Å². The molecule has 2 rings (SSSR count). The monoisotopic (exact) mass is 371 g/mol. The summed E-state index contributed by atoms with van der Waals surface area (Å²) >= 11 is 2.23. The van der Waals surface area contributed by atoms with Gasteiger partial charge in [0.15, 0.2) is 11.6 Å². The number of rotatable bonds is 5. The molecule has 0 aliphatic rings. The molecule has 19 heavy (non-hydrogen) atoms. The first-order valence-corrected chi connectivity index (χ1v) is 6.94. The molecule has 2 aromatic rings. The maximum atomic E-state index is 11.9. The number of nitrogens with two attached hydrogens (primary N) is 1. The minimum atomic E-state index is -0.245. The van der Waals surface area contributed by atoms with Crippen LogP contribution >= 0.6 is 22.6 Å². The van der Waals surface area contributed by atoms with Crippen molar-refractivity contribution in [2.75, 3.05) is 6.54 Å². The summed E-state index contributed by atoms with van der Waals surface area (Å²) in [6.45, 7) is 0.915. The highest BCUT2D eigenvalue weighted by Crippen LogP contribution is 2.08. The fraction of sp³-hybridized carbons (Fsp3) is 0.231. The van der Waals surface area contributed by atoms with Crippen molar-refractivity contribution in [2.45, 2.75) is 13.0 Å². The molecular formula is C13H14IN3O2. The minimum Gasteiger partial charge on any atom is -0.448 e. The first kappa shape index (κ1) is 14.0. The predicted octanol–water partition coefficient (Wildman–Crippen LogP) is 1.71. The molecule has 0 radical (unpaired) electrons. The summed E-state index contributed by atoms with van der Waals surface area (Å²) in [7, 11) is 0. The Morgan fingerprint density at radius 2 is 2.32 bits per heavy atom. The molecule has 100 valence electrons. The van der Waals surface area contributed by atoms with Crippen molar-refractivity contribution in [1.82, 2.24) is 10.3 Å². The van der Waals surface area contributed by atoms with Gasteiger partial charge in [-0.2, -0.15) is 0 Å². The van der Waals surface area contributed by atoms with Gasteiger partial charge in [0.05, 0.1) is 0 Å². The molecule has 1 heterocycles. The quantitative estimate of drug-likeness (QED) is 0.785. The van der Waals surface area contributed by atoms with Crippen molar-refractivity contribution in [3.63, 3.8) is 0 Å². The van der Waals surface area contributed by atoms with Gasteiger partial charge in [0.2, 0.25) is 0 Å². The Balaban J connectivity index is 1.93. The van der Waals surface area contributed by atoms with Gasteiger partial charge in [0, 0.05) is 23.1 Å². The van der Waals surface area contributed by atoms with Crippen molar-refractivity contribution >= 4 is 28.5 Å². The zero-order valence-corrected chi connectivity index (χ0v) is 12.4. The van der Waals surface area contributed by atoms with E-state index in [1.165, 1.54) is 6.26 Å². The number of nitrogens with one attached hydrogen (secondary N) is 1. The van der Waals surface area contributed by atoms with E-state index < -0.39 is 0 Å². The van der Waals surface area contributed by atoms with Crippen LogP contribution in [0.3, 0.4) is 0 Å². The highest BCUT2D eigenvalue weighted by Gasteiger charge is 2.11. The molecule has 0 aliphatic heterocycles. The van der Waals surface area contributed by atoms with E-state index in [-0.39, 0.29) is 11.6 Å². The normalized spacial score (nSPS) is 10.4. The van der Waals surface area contributed by atoms with Crippen LogP contribution in [-0.4, -0.2) is 17.4 Å². The number of carbonyl (C=O) groups excluding carboxylic acids is 1. The van der Waals surface area contributed by atoms with E-state index in [1.54, 1.807) is 0 Å². The maximum absolute atomic E-state index is 11.9. The third-order valence-corrected chi connectivity index (χ3v) is 3.16. The molecule has 0 bridgehead atoms. The summed E-state index contributed by atoms with van der Waals surface area (Å²) in [4.78, 5) is 15.9. The van der Waals surface area contributed by atoms with Gasteiger partial charge in [-0.15, -0.1) is 0 Å². The van der Waals surface area contributed by atoms with E-state index in [1.807, 2.05) is 24.3 Å². The molecule has 0 spiro atoms. The number of hydrogen-bond acceptors (Lipinski definition) is 4. The van der Waals surface area contributed by atoms with Crippen LogP contribution in [-0.2, 0) is 13.0 Å². The van der Waals surface area contributed by atoms with Crippen LogP contribution in [0.1, 0.15) is 21.9 Å². The number of aromatic nitrogens is 1. The number of amides is 1. The summed E-state index contributed by atoms with van der Waals surface area (Å²) in [6, 6.07) is 7.94. The van der Waals surface area contributed by atoms with Crippen LogP contribution in [0.2, 0.25) is 0 Å². The number of carbonyl (C=O) groups is 1. The number of oxazole rings is 1.